The summed E-state index contributed by atoms with van der Waals surface area (Å²) in [7, 11) is 0. The van der Waals surface area contributed by atoms with Crippen molar-refractivity contribution in [1.29, 1.82) is 0 Å². The zero-order valence-electron chi connectivity index (χ0n) is 10.2. The van der Waals surface area contributed by atoms with Crippen molar-refractivity contribution < 1.29 is 0 Å². The molecule has 1 heterocycles. The fraction of sp³-hybridized carbons (Fsp3) is 0.333. The minimum atomic E-state index is 0.655. The standard InChI is InChI=1S/C12H14BrClN4/c1-3-15-12-17-16-11(18(12)4-2)8-6-5-7-9(13)10(8)14/h5-7H,3-4H2,1-2H3,(H,15,17). The Morgan fingerprint density at radius 2 is 2.11 bits per heavy atom. The Hall–Kier alpha value is -1.07. The molecule has 0 fully saturated rings. The first kappa shape index (κ1) is 13.4. The Labute approximate surface area is 119 Å². The molecule has 18 heavy (non-hydrogen) atoms. The maximum atomic E-state index is 6.29. The van der Waals surface area contributed by atoms with Gasteiger partial charge in [0.25, 0.3) is 0 Å². The highest BCUT2D eigenvalue weighted by molar-refractivity contribution is 9.10. The van der Waals surface area contributed by atoms with Crippen molar-refractivity contribution in [2.45, 2.75) is 20.4 Å². The number of hydrogen-bond donors (Lipinski definition) is 1. The van der Waals surface area contributed by atoms with E-state index in [2.05, 4.69) is 38.4 Å². The Balaban J connectivity index is 2.53. The lowest BCUT2D eigenvalue weighted by Gasteiger charge is -2.09. The highest BCUT2D eigenvalue weighted by Gasteiger charge is 2.15. The predicted octanol–water partition coefficient (Wildman–Crippen LogP) is 3.81. The summed E-state index contributed by atoms with van der Waals surface area (Å²) in [5.74, 6) is 1.55. The highest BCUT2D eigenvalue weighted by atomic mass is 79.9. The van der Waals surface area contributed by atoms with E-state index >= 15 is 0 Å². The molecule has 2 rings (SSSR count). The lowest BCUT2D eigenvalue weighted by atomic mass is 10.2. The van der Waals surface area contributed by atoms with Crippen molar-refractivity contribution in [2.24, 2.45) is 0 Å². The van der Waals surface area contributed by atoms with Crippen LogP contribution in [0.25, 0.3) is 11.4 Å². The van der Waals surface area contributed by atoms with Crippen molar-refractivity contribution in [1.82, 2.24) is 14.8 Å². The largest absolute Gasteiger partial charge is 0.355 e. The van der Waals surface area contributed by atoms with Crippen LogP contribution in [-0.4, -0.2) is 21.3 Å². The van der Waals surface area contributed by atoms with Gasteiger partial charge in [-0.3, -0.25) is 4.57 Å². The molecule has 0 bridgehead atoms. The second-order valence-corrected chi connectivity index (χ2v) is 4.96. The number of rotatable bonds is 4. The van der Waals surface area contributed by atoms with Gasteiger partial charge in [-0.15, -0.1) is 10.2 Å². The minimum absolute atomic E-state index is 0.655. The van der Waals surface area contributed by atoms with Crippen LogP contribution in [-0.2, 0) is 6.54 Å². The summed E-state index contributed by atoms with van der Waals surface area (Å²) >= 11 is 9.72. The van der Waals surface area contributed by atoms with Gasteiger partial charge in [0.1, 0.15) is 0 Å². The van der Waals surface area contributed by atoms with E-state index in [0.717, 1.165) is 34.9 Å². The summed E-state index contributed by atoms with van der Waals surface area (Å²) in [5.41, 5.74) is 0.879. The van der Waals surface area contributed by atoms with Crippen LogP contribution >= 0.6 is 27.5 Å². The molecule has 0 radical (unpaired) electrons. The maximum absolute atomic E-state index is 6.29. The molecule has 0 aliphatic carbocycles. The van der Waals surface area contributed by atoms with Crippen LogP contribution < -0.4 is 5.32 Å². The van der Waals surface area contributed by atoms with E-state index in [1.807, 2.05) is 29.7 Å². The number of hydrogen-bond acceptors (Lipinski definition) is 3. The molecule has 0 spiro atoms. The van der Waals surface area contributed by atoms with Gasteiger partial charge in [0.05, 0.1) is 5.02 Å². The molecule has 0 aliphatic heterocycles. The van der Waals surface area contributed by atoms with Gasteiger partial charge in [-0.25, -0.2) is 0 Å². The maximum Gasteiger partial charge on any atom is 0.224 e. The van der Waals surface area contributed by atoms with Gasteiger partial charge in [-0.1, -0.05) is 17.7 Å². The number of nitrogens with zero attached hydrogens (tertiary/aromatic N) is 3. The minimum Gasteiger partial charge on any atom is -0.355 e. The van der Waals surface area contributed by atoms with Crippen LogP contribution in [0, 0.1) is 0 Å². The summed E-state index contributed by atoms with van der Waals surface area (Å²) < 4.78 is 2.87. The monoisotopic (exact) mass is 328 g/mol. The normalized spacial score (nSPS) is 10.7. The van der Waals surface area contributed by atoms with E-state index in [4.69, 9.17) is 11.6 Å². The second kappa shape index (κ2) is 5.71. The lowest BCUT2D eigenvalue weighted by molar-refractivity contribution is 0.770. The van der Waals surface area contributed by atoms with E-state index in [9.17, 15) is 0 Å². The fourth-order valence-corrected chi connectivity index (χ4v) is 2.34. The molecule has 1 aromatic heterocycles. The molecule has 6 heteroatoms. The third kappa shape index (κ3) is 2.37. The van der Waals surface area contributed by atoms with Crippen LogP contribution in [0.1, 0.15) is 13.8 Å². The number of anilines is 1. The van der Waals surface area contributed by atoms with Crippen molar-refractivity contribution in [3.8, 4) is 11.4 Å². The van der Waals surface area contributed by atoms with Crippen LogP contribution in [0.15, 0.2) is 22.7 Å². The molecule has 0 aliphatic rings. The number of benzene rings is 1. The van der Waals surface area contributed by atoms with Gasteiger partial charge in [0, 0.05) is 23.1 Å². The van der Waals surface area contributed by atoms with Gasteiger partial charge in [0.15, 0.2) is 5.82 Å². The topological polar surface area (TPSA) is 42.7 Å². The molecule has 0 amide bonds. The van der Waals surface area contributed by atoms with Gasteiger partial charge < -0.3 is 5.32 Å². The Kier molecular flexibility index (Phi) is 4.24. The average molecular weight is 330 g/mol. The molecule has 1 N–H and O–H groups in total. The molecule has 0 saturated heterocycles. The fourth-order valence-electron chi connectivity index (χ4n) is 1.77. The number of halogens is 2. The van der Waals surface area contributed by atoms with E-state index in [0.29, 0.717) is 5.02 Å². The summed E-state index contributed by atoms with van der Waals surface area (Å²) in [4.78, 5) is 0. The molecule has 0 atom stereocenters. The molecule has 4 nitrogen and oxygen atoms in total. The lowest BCUT2D eigenvalue weighted by Crippen LogP contribution is -2.07. The van der Waals surface area contributed by atoms with Gasteiger partial charge in [-0.2, -0.15) is 0 Å². The van der Waals surface area contributed by atoms with Crippen LogP contribution in [0.5, 0.6) is 0 Å². The zero-order chi connectivity index (χ0) is 13.1. The summed E-state index contributed by atoms with van der Waals surface area (Å²) in [6.45, 7) is 5.68. The van der Waals surface area contributed by atoms with Gasteiger partial charge >= 0.3 is 0 Å². The van der Waals surface area contributed by atoms with Crippen molar-refractivity contribution in [3.05, 3.63) is 27.7 Å². The summed E-state index contributed by atoms with van der Waals surface area (Å²) in [5, 5.41) is 12.2. The van der Waals surface area contributed by atoms with Crippen molar-refractivity contribution in [3.63, 3.8) is 0 Å². The summed E-state index contributed by atoms with van der Waals surface area (Å²) in [6.07, 6.45) is 0. The number of nitrogens with one attached hydrogen (secondary N) is 1. The Morgan fingerprint density at radius 3 is 2.78 bits per heavy atom. The van der Waals surface area contributed by atoms with E-state index < -0.39 is 0 Å². The first-order valence-electron chi connectivity index (χ1n) is 5.80. The second-order valence-electron chi connectivity index (χ2n) is 3.72. The zero-order valence-corrected chi connectivity index (χ0v) is 12.6. The first-order valence-corrected chi connectivity index (χ1v) is 6.97. The summed E-state index contributed by atoms with van der Waals surface area (Å²) in [6, 6.07) is 5.79. The molecule has 0 unspecified atom stereocenters. The molecular formula is C12H14BrClN4. The third-order valence-electron chi connectivity index (χ3n) is 2.59. The predicted molar refractivity (Wildman–Crippen MR) is 78.0 cm³/mol. The number of aromatic nitrogens is 3. The van der Waals surface area contributed by atoms with Crippen LogP contribution in [0.2, 0.25) is 5.02 Å². The van der Waals surface area contributed by atoms with Crippen LogP contribution in [0.3, 0.4) is 0 Å². The Morgan fingerprint density at radius 1 is 1.33 bits per heavy atom. The average Bonchev–Trinajstić information content (AvgIpc) is 2.76. The van der Waals surface area contributed by atoms with E-state index in [-0.39, 0.29) is 0 Å². The SMILES string of the molecule is CCNc1nnc(-c2cccc(Br)c2Cl)n1CC. The first-order chi connectivity index (χ1) is 8.69. The molecule has 96 valence electrons. The molecule has 0 saturated carbocycles. The van der Waals surface area contributed by atoms with E-state index in [1.165, 1.54) is 0 Å². The van der Waals surface area contributed by atoms with Gasteiger partial charge in [0.2, 0.25) is 5.95 Å². The van der Waals surface area contributed by atoms with Gasteiger partial charge in [-0.05, 0) is 41.9 Å². The quantitative estimate of drug-likeness (QED) is 0.927. The van der Waals surface area contributed by atoms with Crippen LogP contribution in [0.4, 0.5) is 5.95 Å². The van der Waals surface area contributed by atoms with Crippen molar-refractivity contribution >= 4 is 33.5 Å². The molecular weight excluding hydrogens is 316 g/mol. The smallest absolute Gasteiger partial charge is 0.224 e. The highest BCUT2D eigenvalue weighted by Crippen LogP contribution is 2.33. The third-order valence-corrected chi connectivity index (χ3v) is 3.89. The van der Waals surface area contributed by atoms with E-state index in [1.54, 1.807) is 0 Å². The molecule has 2 aromatic rings. The van der Waals surface area contributed by atoms with Crippen molar-refractivity contribution in [2.75, 3.05) is 11.9 Å². The molecule has 1 aromatic carbocycles. The Bertz CT molecular complexity index is 553.